The van der Waals surface area contributed by atoms with Crippen molar-refractivity contribution in [1.29, 1.82) is 5.26 Å². The maximum absolute atomic E-state index is 10.0. The molecule has 0 radical (unpaired) electrons. The summed E-state index contributed by atoms with van der Waals surface area (Å²) in [5.41, 5.74) is 1.77. The normalized spacial score (nSPS) is 14.1. The number of nitrogens with zero attached hydrogens (tertiary/aromatic N) is 4. The Bertz CT molecular complexity index is 1290. The van der Waals surface area contributed by atoms with Gasteiger partial charge in [-0.05, 0) is 18.6 Å². The Kier molecular flexibility index (Phi) is 10.6. The Labute approximate surface area is 233 Å². The molecule has 9 nitrogen and oxygen atoms in total. The van der Waals surface area contributed by atoms with Crippen molar-refractivity contribution in [1.82, 2.24) is 14.8 Å². The molecule has 2 heterocycles. The topological polar surface area (TPSA) is 114 Å². The Morgan fingerprint density at radius 2 is 1.76 bits per heavy atom. The fourth-order valence-electron chi connectivity index (χ4n) is 4.31. The molecule has 0 amide bonds. The van der Waals surface area contributed by atoms with E-state index in [1.165, 1.54) is 18.3 Å². The van der Waals surface area contributed by atoms with Crippen LogP contribution in [0.1, 0.15) is 19.4 Å². The first kappa shape index (κ1) is 29.6. The number of nitrogens with one attached hydrogen (secondary N) is 1. The standard InChI is InChI=1S/C26H29Cl2N5O4.CH4/c1-36-24-11-18-21(14-25(24)37-10-2-3-32-4-6-33(7-5-32)8-9-34)30-16-17(15-29)26(18)31-22-13-23(35)20(28)12-19(22)27;/h11-14,16,34-35H,2-10H2,1H3,(H,30,31);1H4. The molecule has 2 aromatic carbocycles. The number of piperazine rings is 1. The number of nitriles is 1. The van der Waals surface area contributed by atoms with E-state index in [9.17, 15) is 10.4 Å². The van der Waals surface area contributed by atoms with Crippen LogP contribution in [0.2, 0.25) is 10.0 Å². The summed E-state index contributed by atoms with van der Waals surface area (Å²) < 4.78 is 11.6. The second-order valence-corrected chi connectivity index (χ2v) is 9.51. The zero-order valence-corrected chi connectivity index (χ0v) is 22.0. The van der Waals surface area contributed by atoms with E-state index in [1.54, 1.807) is 19.2 Å². The average Bonchev–Trinajstić information content (AvgIpc) is 2.90. The minimum absolute atomic E-state index is 0. The number of methoxy groups -OCH3 is 1. The average molecular weight is 562 g/mol. The Morgan fingerprint density at radius 1 is 1.05 bits per heavy atom. The molecule has 0 aliphatic carbocycles. The summed E-state index contributed by atoms with van der Waals surface area (Å²) in [6.45, 7) is 6.26. The van der Waals surface area contributed by atoms with Gasteiger partial charge >= 0.3 is 0 Å². The largest absolute Gasteiger partial charge is 0.506 e. The van der Waals surface area contributed by atoms with Crippen molar-refractivity contribution < 1.29 is 19.7 Å². The van der Waals surface area contributed by atoms with E-state index in [-0.39, 0.29) is 24.8 Å². The lowest BCUT2D eigenvalue weighted by Crippen LogP contribution is -2.47. The quantitative estimate of drug-likeness (QED) is 0.297. The van der Waals surface area contributed by atoms with Crippen LogP contribution in [-0.2, 0) is 0 Å². The third-order valence-corrected chi connectivity index (χ3v) is 6.94. The van der Waals surface area contributed by atoms with Crippen LogP contribution in [0.15, 0.2) is 30.5 Å². The number of ether oxygens (including phenoxy) is 2. The van der Waals surface area contributed by atoms with E-state index in [2.05, 4.69) is 26.2 Å². The van der Waals surface area contributed by atoms with Gasteiger partial charge in [0.2, 0.25) is 0 Å². The number of pyridine rings is 1. The number of β-amino-alcohol motifs (C(OH)–C–C–N with tert-alkyl or cyclic N) is 1. The van der Waals surface area contributed by atoms with Crippen molar-refractivity contribution in [3.05, 3.63) is 46.1 Å². The Morgan fingerprint density at radius 3 is 2.42 bits per heavy atom. The summed E-state index contributed by atoms with van der Waals surface area (Å²) in [6, 6.07) is 8.53. The number of rotatable bonds is 10. The highest BCUT2D eigenvalue weighted by atomic mass is 35.5. The predicted octanol–water partition coefficient (Wildman–Crippen LogP) is 4.89. The van der Waals surface area contributed by atoms with E-state index in [0.29, 0.717) is 51.0 Å². The molecule has 0 spiro atoms. The molecule has 0 saturated carbocycles. The number of fused-ring (bicyclic) bond motifs is 1. The van der Waals surface area contributed by atoms with Gasteiger partial charge in [-0.1, -0.05) is 30.6 Å². The fourth-order valence-corrected chi connectivity index (χ4v) is 4.74. The first-order valence-electron chi connectivity index (χ1n) is 12.0. The number of phenols is 1. The molecule has 38 heavy (non-hydrogen) atoms. The molecule has 1 saturated heterocycles. The minimum Gasteiger partial charge on any atom is -0.506 e. The van der Waals surface area contributed by atoms with Gasteiger partial charge in [0.15, 0.2) is 11.5 Å². The summed E-state index contributed by atoms with van der Waals surface area (Å²) in [4.78, 5) is 9.10. The van der Waals surface area contributed by atoms with Crippen LogP contribution in [0.25, 0.3) is 10.9 Å². The van der Waals surface area contributed by atoms with Crippen molar-refractivity contribution in [3.63, 3.8) is 0 Å². The maximum atomic E-state index is 10.0. The number of benzene rings is 2. The molecule has 0 atom stereocenters. The molecule has 0 unspecified atom stereocenters. The van der Waals surface area contributed by atoms with Crippen LogP contribution in [-0.4, -0.2) is 84.6 Å². The highest BCUT2D eigenvalue weighted by molar-refractivity contribution is 6.37. The monoisotopic (exact) mass is 561 g/mol. The highest BCUT2D eigenvalue weighted by Gasteiger charge is 2.18. The molecule has 1 aromatic heterocycles. The molecular formula is C27H33Cl2N5O4. The van der Waals surface area contributed by atoms with Gasteiger partial charge < -0.3 is 29.9 Å². The van der Waals surface area contributed by atoms with E-state index in [0.717, 1.165) is 45.7 Å². The van der Waals surface area contributed by atoms with Crippen molar-refractivity contribution in [2.45, 2.75) is 13.8 Å². The van der Waals surface area contributed by atoms with Gasteiger partial charge in [0.25, 0.3) is 0 Å². The highest BCUT2D eigenvalue weighted by Crippen LogP contribution is 2.40. The number of aliphatic hydroxyl groups excluding tert-OH is 1. The van der Waals surface area contributed by atoms with Gasteiger partial charge in [0.1, 0.15) is 11.8 Å². The molecule has 3 aromatic rings. The second kappa shape index (κ2) is 13.7. The minimum atomic E-state index is -0.134. The summed E-state index contributed by atoms with van der Waals surface area (Å²) in [7, 11) is 1.56. The summed E-state index contributed by atoms with van der Waals surface area (Å²) >= 11 is 12.3. The maximum Gasteiger partial charge on any atom is 0.163 e. The van der Waals surface area contributed by atoms with Gasteiger partial charge in [0.05, 0.1) is 52.8 Å². The van der Waals surface area contributed by atoms with E-state index in [1.807, 2.05) is 0 Å². The number of halogens is 2. The molecule has 204 valence electrons. The number of hydrogen-bond donors (Lipinski definition) is 3. The summed E-state index contributed by atoms with van der Waals surface area (Å²) in [6.07, 6.45) is 2.33. The lowest BCUT2D eigenvalue weighted by Gasteiger charge is -2.34. The smallest absolute Gasteiger partial charge is 0.163 e. The number of hydrogen-bond acceptors (Lipinski definition) is 9. The zero-order chi connectivity index (χ0) is 26.4. The van der Waals surface area contributed by atoms with E-state index < -0.39 is 0 Å². The van der Waals surface area contributed by atoms with Gasteiger partial charge in [-0.25, -0.2) is 0 Å². The fraction of sp³-hybridized carbons (Fsp3) is 0.407. The molecule has 11 heteroatoms. The SMILES string of the molecule is C.COc1cc2c(Nc3cc(O)c(Cl)cc3Cl)c(C#N)cnc2cc1OCCCN1CCN(CCO)CC1. The van der Waals surface area contributed by atoms with Crippen molar-refractivity contribution in [2.75, 3.05) is 64.9 Å². The summed E-state index contributed by atoms with van der Waals surface area (Å²) in [5.74, 6) is 0.939. The summed E-state index contributed by atoms with van der Waals surface area (Å²) in [5, 5.41) is 33.0. The Hall–Kier alpha value is -3.00. The lowest BCUT2D eigenvalue weighted by atomic mass is 10.1. The number of anilines is 2. The molecule has 1 fully saturated rings. The van der Waals surface area contributed by atoms with Crippen molar-refractivity contribution in [2.24, 2.45) is 0 Å². The first-order chi connectivity index (χ1) is 17.9. The van der Waals surface area contributed by atoms with Crippen LogP contribution < -0.4 is 14.8 Å². The molecule has 1 aliphatic rings. The predicted molar refractivity (Wildman–Crippen MR) is 151 cm³/mol. The second-order valence-electron chi connectivity index (χ2n) is 8.70. The number of aromatic hydroxyl groups is 1. The van der Waals surface area contributed by atoms with E-state index >= 15 is 0 Å². The molecular weight excluding hydrogens is 529 g/mol. The third-order valence-electron chi connectivity index (χ3n) is 6.33. The molecule has 3 N–H and O–H groups in total. The van der Waals surface area contributed by atoms with E-state index in [4.69, 9.17) is 37.8 Å². The molecule has 0 bridgehead atoms. The van der Waals surface area contributed by atoms with Crippen LogP contribution in [0, 0.1) is 11.3 Å². The first-order valence-corrected chi connectivity index (χ1v) is 12.7. The third kappa shape index (κ3) is 6.90. The lowest BCUT2D eigenvalue weighted by molar-refractivity contribution is 0.108. The van der Waals surface area contributed by atoms with Crippen molar-refractivity contribution >= 4 is 45.5 Å². The number of phenolic OH excluding ortho intramolecular Hbond substituents is 1. The van der Waals surface area contributed by atoms with Gasteiger partial charge in [0, 0.05) is 63.0 Å². The van der Waals surface area contributed by atoms with Gasteiger partial charge in [-0.15, -0.1) is 0 Å². The van der Waals surface area contributed by atoms with Crippen LogP contribution in [0.3, 0.4) is 0 Å². The van der Waals surface area contributed by atoms with Gasteiger partial charge in [-0.3, -0.25) is 9.88 Å². The van der Waals surface area contributed by atoms with Gasteiger partial charge in [-0.2, -0.15) is 5.26 Å². The number of aliphatic hydroxyl groups is 1. The van der Waals surface area contributed by atoms with Crippen LogP contribution in [0.5, 0.6) is 17.2 Å². The van der Waals surface area contributed by atoms with Crippen LogP contribution >= 0.6 is 23.2 Å². The zero-order valence-electron chi connectivity index (χ0n) is 20.5. The van der Waals surface area contributed by atoms with Crippen molar-refractivity contribution in [3.8, 4) is 23.3 Å². The Balaban J connectivity index is 0.00000400. The van der Waals surface area contributed by atoms with Crippen LogP contribution in [0.4, 0.5) is 11.4 Å². The molecule has 1 aliphatic heterocycles. The molecule has 4 rings (SSSR count). The number of aromatic nitrogens is 1.